The normalized spacial score (nSPS) is 19.8. The minimum absolute atomic E-state index is 0.0887. The predicted molar refractivity (Wildman–Crippen MR) is 115 cm³/mol. The van der Waals surface area contributed by atoms with Crippen LogP contribution in [0.4, 0.5) is 0 Å². The van der Waals surface area contributed by atoms with Gasteiger partial charge in [-0.15, -0.1) is 0 Å². The first-order chi connectivity index (χ1) is 14.1. The van der Waals surface area contributed by atoms with Crippen LogP contribution in [0.25, 0.3) is 0 Å². The molecule has 0 radical (unpaired) electrons. The Morgan fingerprint density at radius 1 is 1.03 bits per heavy atom. The average Bonchev–Trinajstić information content (AvgIpc) is 3.19. The first-order valence-corrected chi connectivity index (χ1v) is 10.0. The van der Waals surface area contributed by atoms with E-state index in [1.54, 1.807) is 7.11 Å². The number of fused-ring (bicyclic) bond motifs is 3. The molecule has 5 heteroatoms. The van der Waals surface area contributed by atoms with Crippen molar-refractivity contribution in [3.05, 3.63) is 94.0 Å². The molecule has 2 aliphatic rings. The lowest BCUT2D eigenvalue weighted by molar-refractivity contribution is -0.0209. The Kier molecular flexibility index (Phi) is 4.44. The van der Waals surface area contributed by atoms with E-state index in [4.69, 9.17) is 26.2 Å². The molecule has 0 aromatic heterocycles. The highest BCUT2D eigenvalue weighted by Gasteiger charge is 2.42. The first-order valence-electron chi connectivity index (χ1n) is 9.66. The number of hydrazone groups is 1. The van der Waals surface area contributed by atoms with E-state index in [2.05, 4.69) is 42.3 Å². The second-order valence-electron chi connectivity index (χ2n) is 7.41. The Balaban J connectivity index is 1.61. The fraction of sp³-hybridized carbons (Fsp3) is 0.208. The lowest BCUT2D eigenvalue weighted by Gasteiger charge is -2.38. The summed E-state index contributed by atoms with van der Waals surface area (Å²) in [6, 6.07) is 22.4. The van der Waals surface area contributed by atoms with Crippen molar-refractivity contribution in [1.29, 1.82) is 0 Å². The van der Waals surface area contributed by atoms with Crippen molar-refractivity contribution in [3.8, 4) is 11.5 Å². The molecule has 0 aliphatic carbocycles. The van der Waals surface area contributed by atoms with Crippen LogP contribution in [0.1, 0.15) is 40.9 Å². The Labute approximate surface area is 175 Å². The molecule has 146 valence electrons. The molecule has 0 unspecified atom stereocenters. The van der Waals surface area contributed by atoms with E-state index in [0.717, 1.165) is 45.3 Å². The van der Waals surface area contributed by atoms with Crippen LogP contribution < -0.4 is 9.47 Å². The summed E-state index contributed by atoms with van der Waals surface area (Å²) in [7, 11) is 1.68. The number of hydrogen-bond acceptors (Lipinski definition) is 4. The summed E-state index contributed by atoms with van der Waals surface area (Å²) < 4.78 is 12.1. The molecular formula is C24H21ClN2O2. The summed E-state index contributed by atoms with van der Waals surface area (Å²) in [5.74, 6) is 1.55. The maximum absolute atomic E-state index is 6.47. The van der Waals surface area contributed by atoms with E-state index in [-0.39, 0.29) is 12.3 Å². The number of aryl methyl sites for hydroxylation is 1. The van der Waals surface area contributed by atoms with Crippen LogP contribution in [0.2, 0.25) is 5.02 Å². The molecule has 0 saturated carbocycles. The number of rotatable bonds is 3. The quantitative estimate of drug-likeness (QED) is 0.545. The van der Waals surface area contributed by atoms with Gasteiger partial charge in [-0.3, -0.25) is 0 Å². The zero-order chi connectivity index (χ0) is 20.0. The fourth-order valence-corrected chi connectivity index (χ4v) is 4.14. The maximum atomic E-state index is 6.47. The molecule has 0 fully saturated rings. The van der Waals surface area contributed by atoms with Crippen molar-refractivity contribution in [2.45, 2.75) is 25.6 Å². The molecule has 4 nitrogen and oxygen atoms in total. The highest BCUT2D eigenvalue weighted by atomic mass is 35.5. The van der Waals surface area contributed by atoms with Crippen LogP contribution in [-0.2, 0) is 0 Å². The van der Waals surface area contributed by atoms with Crippen LogP contribution >= 0.6 is 11.6 Å². The monoisotopic (exact) mass is 404 g/mol. The summed E-state index contributed by atoms with van der Waals surface area (Å²) in [5.41, 5.74) is 5.49. The third-order valence-corrected chi connectivity index (χ3v) is 5.79. The van der Waals surface area contributed by atoms with Gasteiger partial charge in [0, 0.05) is 22.6 Å². The molecule has 0 bridgehead atoms. The second kappa shape index (κ2) is 7.12. The van der Waals surface area contributed by atoms with Crippen molar-refractivity contribution in [3.63, 3.8) is 0 Å². The summed E-state index contributed by atoms with van der Waals surface area (Å²) in [6.45, 7) is 2.08. The minimum Gasteiger partial charge on any atom is -0.493 e. The Hall–Kier alpha value is -2.98. The molecule has 29 heavy (non-hydrogen) atoms. The molecule has 2 aliphatic heterocycles. The molecule has 2 heterocycles. The smallest absolute Gasteiger partial charge is 0.214 e. The van der Waals surface area contributed by atoms with Gasteiger partial charge in [0.25, 0.3) is 0 Å². The average molecular weight is 405 g/mol. The van der Waals surface area contributed by atoms with Crippen molar-refractivity contribution >= 4 is 17.3 Å². The van der Waals surface area contributed by atoms with Gasteiger partial charge in [-0.1, -0.05) is 65.7 Å². The molecule has 0 spiro atoms. The number of nitrogens with zero attached hydrogens (tertiary/aromatic N) is 2. The standard InChI is InChI=1S/C24H21ClN2O2/c1-15-6-8-17(9-7-15)24-27-21(19-4-3-5-22(28-2)23(19)29-24)14-20(26-27)16-10-12-18(25)13-11-16/h3-13,21,24H,14H2,1-2H3/t21-,24+/m1/s1. The highest BCUT2D eigenvalue weighted by molar-refractivity contribution is 6.30. The van der Waals surface area contributed by atoms with E-state index < -0.39 is 0 Å². The van der Waals surface area contributed by atoms with Crippen LogP contribution in [0.3, 0.4) is 0 Å². The summed E-state index contributed by atoms with van der Waals surface area (Å²) in [6.07, 6.45) is 0.488. The Morgan fingerprint density at radius 3 is 2.52 bits per heavy atom. The second-order valence-corrected chi connectivity index (χ2v) is 7.85. The van der Waals surface area contributed by atoms with E-state index in [1.807, 2.05) is 36.4 Å². The Morgan fingerprint density at radius 2 is 1.79 bits per heavy atom. The third-order valence-electron chi connectivity index (χ3n) is 5.54. The molecule has 0 saturated heterocycles. The van der Waals surface area contributed by atoms with Gasteiger partial charge in [0.2, 0.25) is 6.23 Å². The van der Waals surface area contributed by atoms with Gasteiger partial charge in [0.15, 0.2) is 11.5 Å². The van der Waals surface area contributed by atoms with Gasteiger partial charge in [-0.25, -0.2) is 5.01 Å². The molecule has 0 amide bonds. The number of benzene rings is 3. The van der Waals surface area contributed by atoms with E-state index in [0.29, 0.717) is 0 Å². The van der Waals surface area contributed by atoms with Crippen molar-refractivity contribution in [2.75, 3.05) is 7.11 Å². The lowest BCUT2D eigenvalue weighted by atomic mass is 9.95. The van der Waals surface area contributed by atoms with Gasteiger partial charge in [0.1, 0.15) is 0 Å². The summed E-state index contributed by atoms with van der Waals surface area (Å²) in [4.78, 5) is 0. The highest BCUT2D eigenvalue weighted by Crippen LogP contribution is 2.50. The topological polar surface area (TPSA) is 34.1 Å². The van der Waals surface area contributed by atoms with Crippen LogP contribution in [0, 0.1) is 6.92 Å². The zero-order valence-corrected chi connectivity index (χ0v) is 17.1. The zero-order valence-electron chi connectivity index (χ0n) is 16.3. The van der Waals surface area contributed by atoms with Crippen molar-refractivity contribution < 1.29 is 9.47 Å². The van der Waals surface area contributed by atoms with Gasteiger partial charge < -0.3 is 9.47 Å². The number of ether oxygens (including phenoxy) is 2. The predicted octanol–water partition coefficient (Wildman–Crippen LogP) is 5.90. The lowest BCUT2D eigenvalue weighted by Crippen LogP contribution is -2.33. The van der Waals surface area contributed by atoms with Crippen LogP contribution in [-0.4, -0.2) is 17.8 Å². The molecule has 0 N–H and O–H groups in total. The molecule has 2 atom stereocenters. The van der Waals surface area contributed by atoms with Crippen molar-refractivity contribution in [2.24, 2.45) is 5.10 Å². The number of methoxy groups -OCH3 is 1. The SMILES string of the molecule is COc1cccc2c1O[C@@H](c1ccc(C)cc1)N1N=C(c3ccc(Cl)cc3)C[C@H]21. The van der Waals surface area contributed by atoms with E-state index in [9.17, 15) is 0 Å². The maximum Gasteiger partial charge on any atom is 0.214 e. The van der Waals surface area contributed by atoms with Gasteiger partial charge in [-0.2, -0.15) is 5.10 Å². The van der Waals surface area contributed by atoms with E-state index >= 15 is 0 Å². The number of para-hydroxylation sites is 1. The third kappa shape index (κ3) is 3.14. The first kappa shape index (κ1) is 18.1. The van der Waals surface area contributed by atoms with E-state index in [1.165, 1.54) is 5.56 Å². The van der Waals surface area contributed by atoms with Gasteiger partial charge in [0.05, 0.1) is 18.9 Å². The molecule has 3 aromatic carbocycles. The Bertz CT molecular complexity index is 1080. The van der Waals surface area contributed by atoms with Crippen LogP contribution in [0.5, 0.6) is 11.5 Å². The molecule has 5 rings (SSSR count). The van der Waals surface area contributed by atoms with Gasteiger partial charge in [-0.05, 0) is 30.7 Å². The summed E-state index contributed by atoms with van der Waals surface area (Å²) in [5, 5.41) is 7.79. The van der Waals surface area contributed by atoms with Crippen molar-refractivity contribution in [1.82, 2.24) is 5.01 Å². The largest absolute Gasteiger partial charge is 0.493 e. The molecular weight excluding hydrogens is 384 g/mol. The van der Waals surface area contributed by atoms with Gasteiger partial charge >= 0.3 is 0 Å². The molecule has 3 aromatic rings. The minimum atomic E-state index is -0.311. The number of halogens is 1. The number of hydrogen-bond donors (Lipinski definition) is 0. The fourth-order valence-electron chi connectivity index (χ4n) is 4.01. The van der Waals surface area contributed by atoms with Crippen LogP contribution in [0.15, 0.2) is 71.8 Å². The summed E-state index contributed by atoms with van der Waals surface area (Å²) >= 11 is 6.07.